The summed E-state index contributed by atoms with van der Waals surface area (Å²) in [6, 6.07) is 20.3. The van der Waals surface area contributed by atoms with Crippen molar-refractivity contribution in [1.29, 1.82) is 0 Å². The third-order valence-electron chi connectivity index (χ3n) is 4.46. The normalized spacial score (nSPS) is 14.2. The highest BCUT2D eigenvalue weighted by Gasteiger charge is 2.26. The average Bonchev–Trinajstić information content (AvgIpc) is 3.15. The summed E-state index contributed by atoms with van der Waals surface area (Å²) in [6.45, 7) is 0. The van der Waals surface area contributed by atoms with E-state index in [2.05, 4.69) is 4.99 Å². The van der Waals surface area contributed by atoms with Gasteiger partial charge in [-0.1, -0.05) is 41.9 Å². The van der Waals surface area contributed by atoms with Crippen molar-refractivity contribution in [2.75, 3.05) is 7.11 Å². The van der Waals surface area contributed by atoms with Crippen LogP contribution in [0, 0.1) is 0 Å². The fourth-order valence-electron chi connectivity index (χ4n) is 2.88. The van der Waals surface area contributed by atoms with Crippen molar-refractivity contribution in [3.05, 3.63) is 100 Å². The smallest absolute Gasteiger partial charge is 0.363 e. The number of hydrogen-bond acceptors (Lipinski definition) is 6. The number of ether oxygens (including phenoxy) is 3. The van der Waals surface area contributed by atoms with Crippen molar-refractivity contribution < 1.29 is 23.8 Å². The lowest BCUT2D eigenvalue weighted by atomic mass is 10.1. The van der Waals surface area contributed by atoms with Crippen LogP contribution in [0.3, 0.4) is 0 Å². The first kappa shape index (κ1) is 20.4. The number of para-hydroxylation sites is 1. The lowest BCUT2D eigenvalue weighted by Gasteiger charge is -2.08. The van der Waals surface area contributed by atoms with Crippen LogP contribution < -0.4 is 9.47 Å². The van der Waals surface area contributed by atoms with E-state index in [4.69, 9.17) is 25.8 Å². The summed E-state index contributed by atoms with van der Waals surface area (Å²) in [5.74, 6) is -0.123. The summed E-state index contributed by atoms with van der Waals surface area (Å²) in [4.78, 5) is 29.1. The number of cyclic esters (lactones) is 1. The topological polar surface area (TPSA) is 74.2 Å². The van der Waals surface area contributed by atoms with Gasteiger partial charge in [0.15, 0.2) is 5.70 Å². The van der Waals surface area contributed by atoms with E-state index in [-0.39, 0.29) is 17.3 Å². The first-order valence-corrected chi connectivity index (χ1v) is 9.65. The quantitative estimate of drug-likeness (QED) is 0.324. The van der Waals surface area contributed by atoms with Crippen LogP contribution in [0.1, 0.15) is 21.5 Å². The molecule has 154 valence electrons. The van der Waals surface area contributed by atoms with Gasteiger partial charge in [0.2, 0.25) is 5.90 Å². The molecule has 1 aliphatic heterocycles. The SMILES string of the molecule is COc1ccc(C(=O)Oc2ccccc2/C=C2\N=C(c3ccccc3Cl)OC2=O)cc1. The van der Waals surface area contributed by atoms with Gasteiger partial charge in [0.05, 0.1) is 23.3 Å². The molecule has 6 nitrogen and oxygen atoms in total. The minimum Gasteiger partial charge on any atom is -0.497 e. The molecule has 0 N–H and O–H groups in total. The number of carbonyl (C=O) groups excluding carboxylic acids is 2. The number of carbonyl (C=O) groups is 2. The van der Waals surface area contributed by atoms with Crippen LogP contribution in [-0.2, 0) is 9.53 Å². The highest BCUT2D eigenvalue weighted by Crippen LogP contribution is 2.27. The second-order valence-corrected chi connectivity index (χ2v) is 6.88. The molecule has 0 unspecified atom stereocenters. The Hall–Kier alpha value is -3.90. The van der Waals surface area contributed by atoms with E-state index < -0.39 is 11.9 Å². The number of methoxy groups -OCH3 is 1. The van der Waals surface area contributed by atoms with Gasteiger partial charge in [0.1, 0.15) is 11.5 Å². The summed E-state index contributed by atoms with van der Waals surface area (Å²) in [7, 11) is 1.55. The number of benzene rings is 3. The molecule has 0 aromatic heterocycles. The number of halogens is 1. The molecule has 0 amide bonds. The van der Waals surface area contributed by atoms with Crippen molar-refractivity contribution in [2.45, 2.75) is 0 Å². The van der Waals surface area contributed by atoms with Gasteiger partial charge in [0.25, 0.3) is 0 Å². The summed E-state index contributed by atoms with van der Waals surface area (Å²) < 4.78 is 15.9. The Labute approximate surface area is 183 Å². The fraction of sp³-hybridized carbons (Fsp3) is 0.0417. The lowest BCUT2D eigenvalue weighted by molar-refractivity contribution is -0.129. The largest absolute Gasteiger partial charge is 0.497 e. The van der Waals surface area contributed by atoms with E-state index >= 15 is 0 Å². The Balaban J connectivity index is 1.61. The second-order valence-electron chi connectivity index (χ2n) is 6.47. The predicted molar refractivity (Wildman–Crippen MR) is 116 cm³/mol. The molecule has 0 fully saturated rings. The van der Waals surface area contributed by atoms with Gasteiger partial charge in [-0.2, -0.15) is 0 Å². The third kappa shape index (κ3) is 4.49. The van der Waals surface area contributed by atoms with E-state index in [9.17, 15) is 9.59 Å². The molecule has 0 saturated heterocycles. The minimum absolute atomic E-state index is 0.0721. The Morgan fingerprint density at radius 3 is 2.45 bits per heavy atom. The number of rotatable bonds is 5. The van der Waals surface area contributed by atoms with Gasteiger partial charge in [-0.15, -0.1) is 0 Å². The van der Waals surface area contributed by atoms with Crippen LogP contribution in [0.25, 0.3) is 6.08 Å². The zero-order chi connectivity index (χ0) is 21.8. The molecular formula is C24H16ClNO5. The van der Waals surface area contributed by atoms with Crippen molar-refractivity contribution in [1.82, 2.24) is 0 Å². The average molecular weight is 434 g/mol. The maximum Gasteiger partial charge on any atom is 0.363 e. The standard InChI is InChI=1S/C24H16ClNO5/c1-29-17-12-10-15(11-13-17)23(27)30-21-9-5-2-6-16(21)14-20-24(28)31-22(26-20)18-7-3-4-8-19(18)25/h2-14H,1H3/b20-14-. The monoisotopic (exact) mass is 433 g/mol. The van der Waals surface area contributed by atoms with Crippen molar-refractivity contribution in [3.8, 4) is 11.5 Å². The van der Waals surface area contributed by atoms with E-state index in [0.717, 1.165) is 0 Å². The van der Waals surface area contributed by atoms with Crippen LogP contribution in [0.4, 0.5) is 0 Å². The number of esters is 2. The van der Waals surface area contributed by atoms with Gasteiger partial charge in [-0.05, 0) is 48.5 Å². The molecule has 0 atom stereocenters. The lowest BCUT2D eigenvalue weighted by Crippen LogP contribution is -2.09. The Morgan fingerprint density at radius 2 is 1.71 bits per heavy atom. The van der Waals surface area contributed by atoms with Crippen LogP contribution >= 0.6 is 11.6 Å². The highest BCUT2D eigenvalue weighted by atomic mass is 35.5. The van der Waals surface area contributed by atoms with Crippen LogP contribution in [0.5, 0.6) is 11.5 Å². The number of nitrogens with zero attached hydrogens (tertiary/aromatic N) is 1. The van der Waals surface area contributed by atoms with Crippen molar-refractivity contribution >= 4 is 35.5 Å². The molecule has 0 aliphatic carbocycles. The maximum absolute atomic E-state index is 12.5. The molecule has 7 heteroatoms. The molecule has 0 saturated carbocycles. The third-order valence-corrected chi connectivity index (χ3v) is 4.79. The Morgan fingerprint density at radius 1 is 1.00 bits per heavy atom. The van der Waals surface area contributed by atoms with Gasteiger partial charge in [0, 0.05) is 5.56 Å². The van der Waals surface area contributed by atoms with E-state index in [1.54, 1.807) is 79.9 Å². The second kappa shape index (κ2) is 8.85. The number of hydrogen-bond donors (Lipinski definition) is 0. The zero-order valence-electron chi connectivity index (χ0n) is 16.4. The molecule has 31 heavy (non-hydrogen) atoms. The summed E-state index contributed by atoms with van der Waals surface area (Å²) in [6.07, 6.45) is 1.50. The predicted octanol–water partition coefficient (Wildman–Crippen LogP) is 4.91. The van der Waals surface area contributed by atoms with Gasteiger partial charge in [-0.3, -0.25) is 0 Å². The molecule has 0 radical (unpaired) electrons. The van der Waals surface area contributed by atoms with Gasteiger partial charge < -0.3 is 14.2 Å². The first-order valence-electron chi connectivity index (χ1n) is 9.28. The van der Waals surface area contributed by atoms with Gasteiger partial charge in [-0.25, -0.2) is 14.6 Å². The van der Waals surface area contributed by atoms with Gasteiger partial charge >= 0.3 is 11.9 Å². The zero-order valence-corrected chi connectivity index (χ0v) is 17.1. The Bertz CT molecular complexity index is 1210. The van der Waals surface area contributed by atoms with Crippen LogP contribution in [0.15, 0.2) is 83.5 Å². The van der Waals surface area contributed by atoms with Crippen molar-refractivity contribution in [2.24, 2.45) is 4.99 Å². The number of aliphatic imine (C=N–C) groups is 1. The summed E-state index contributed by atoms with van der Waals surface area (Å²) in [5, 5.41) is 0.420. The molecule has 3 aromatic carbocycles. The molecular weight excluding hydrogens is 418 g/mol. The summed E-state index contributed by atoms with van der Waals surface area (Å²) in [5.41, 5.74) is 1.45. The van der Waals surface area contributed by atoms with Crippen LogP contribution in [0.2, 0.25) is 5.02 Å². The van der Waals surface area contributed by atoms with E-state index in [1.165, 1.54) is 6.08 Å². The molecule has 0 bridgehead atoms. The Kier molecular flexibility index (Phi) is 5.82. The van der Waals surface area contributed by atoms with Crippen LogP contribution in [-0.4, -0.2) is 24.9 Å². The molecule has 1 aliphatic rings. The maximum atomic E-state index is 12.5. The molecule has 3 aromatic rings. The van der Waals surface area contributed by atoms with E-state index in [1.807, 2.05) is 0 Å². The fourth-order valence-corrected chi connectivity index (χ4v) is 3.10. The molecule has 0 spiro atoms. The first-order chi connectivity index (χ1) is 15.0. The molecule has 1 heterocycles. The molecule has 4 rings (SSSR count). The highest BCUT2D eigenvalue weighted by molar-refractivity contribution is 6.34. The van der Waals surface area contributed by atoms with Crippen molar-refractivity contribution in [3.63, 3.8) is 0 Å². The van der Waals surface area contributed by atoms with E-state index in [0.29, 0.717) is 27.5 Å². The summed E-state index contributed by atoms with van der Waals surface area (Å²) >= 11 is 6.16. The minimum atomic E-state index is -0.619.